The third kappa shape index (κ3) is 3.42. The topological polar surface area (TPSA) is 95.7 Å². The van der Waals surface area contributed by atoms with Crippen LogP contribution in [0.25, 0.3) is 32.2 Å². The highest BCUT2D eigenvalue weighted by Crippen LogP contribution is 2.63. The number of nitrogens with zero attached hydrogens (tertiary/aromatic N) is 3. The lowest BCUT2D eigenvalue weighted by molar-refractivity contribution is -0.143. The summed E-state index contributed by atoms with van der Waals surface area (Å²) < 4.78 is 2.85. The van der Waals surface area contributed by atoms with Gasteiger partial charge in [0.1, 0.15) is 0 Å². The first-order chi connectivity index (χ1) is 16.7. The number of aliphatic hydroxyl groups excluding tert-OH is 2. The maximum atomic E-state index is 12.8. The molecule has 0 bridgehead atoms. The second kappa shape index (κ2) is 7.86. The average molecular weight is 510 g/mol. The molecule has 0 radical (unpaired) electrons. The highest BCUT2D eigenvalue weighted by atomic mass is 35.5. The maximum Gasteiger partial charge on any atom is 0.234 e. The van der Waals surface area contributed by atoms with E-state index in [-0.39, 0.29) is 48.8 Å². The lowest BCUT2D eigenvalue weighted by Crippen LogP contribution is -2.35. The highest BCUT2D eigenvalue weighted by molar-refractivity contribution is 7.19. The number of imide groups is 1. The van der Waals surface area contributed by atoms with E-state index in [0.29, 0.717) is 5.02 Å². The second-order valence-electron chi connectivity index (χ2n) is 10.0. The SMILES string of the molecule is CC1(C)C2C(=O)N(Cc3cc4nccc(-c5cc(Cl)cc6ccn(CC(O)CO)c56)c4s3)C(=O)C21. The molecule has 2 aliphatic rings. The lowest BCUT2D eigenvalue weighted by atomic mass is 10.0. The van der Waals surface area contributed by atoms with E-state index in [1.165, 1.54) is 16.2 Å². The van der Waals surface area contributed by atoms with E-state index in [4.69, 9.17) is 11.6 Å². The monoisotopic (exact) mass is 509 g/mol. The summed E-state index contributed by atoms with van der Waals surface area (Å²) in [4.78, 5) is 32.5. The van der Waals surface area contributed by atoms with Crippen molar-refractivity contribution in [3.8, 4) is 11.1 Å². The van der Waals surface area contributed by atoms with E-state index >= 15 is 0 Å². The molecule has 4 heterocycles. The van der Waals surface area contributed by atoms with Gasteiger partial charge in [-0.25, -0.2) is 0 Å². The van der Waals surface area contributed by atoms with Gasteiger partial charge in [0.25, 0.3) is 0 Å². The minimum Gasteiger partial charge on any atom is -0.394 e. The number of rotatable bonds is 6. The number of hydrogen-bond acceptors (Lipinski definition) is 6. The number of carbonyl (C=O) groups is 2. The van der Waals surface area contributed by atoms with Crippen LogP contribution >= 0.6 is 22.9 Å². The number of halogens is 1. The van der Waals surface area contributed by atoms with Gasteiger partial charge < -0.3 is 14.8 Å². The first-order valence-electron chi connectivity index (χ1n) is 11.5. The van der Waals surface area contributed by atoms with E-state index in [0.717, 1.165) is 37.1 Å². The van der Waals surface area contributed by atoms with Crippen molar-refractivity contribution >= 4 is 55.9 Å². The van der Waals surface area contributed by atoms with Crippen molar-refractivity contribution in [1.82, 2.24) is 14.5 Å². The zero-order valence-electron chi connectivity index (χ0n) is 19.2. The van der Waals surface area contributed by atoms with Gasteiger partial charge in [0, 0.05) is 38.8 Å². The summed E-state index contributed by atoms with van der Waals surface area (Å²) in [6.07, 6.45) is 2.73. The Morgan fingerprint density at radius 1 is 1.14 bits per heavy atom. The Morgan fingerprint density at radius 3 is 2.60 bits per heavy atom. The zero-order valence-corrected chi connectivity index (χ0v) is 20.8. The molecule has 3 aromatic heterocycles. The van der Waals surface area contributed by atoms with Crippen molar-refractivity contribution in [3.63, 3.8) is 0 Å². The molecular weight excluding hydrogens is 486 g/mol. The van der Waals surface area contributed by atoms with E-state index in [1.807, 2.05) is 54.9 Å². The molecule has 1 aliphatic carbocycles. The number of piperidine rings is 1. The van der Waals surface area contributed by atoms with Crippen LogP contribution in [0.5, 0.6) is 0 Å². The number of hydrogen-bond donors (Lipinski definition) is 2. The predicted octanol–water partition coefficient (Wildman–Crippen LogP) is 4.07. The summed E-state index contributed by atoms with van der Waals surface area (Å²) >= 11 is 7.98. The molecule has 2 amide bonds. The Labute approximate surface area is 210 Å². The van der Waals surface area contributed by atoms with Crippen molar-refractivity contribution < 1.29 is 19.8 Å². The first kappa shape index (κ1) is 22.7. The minimum atomic E-state index is -0.883. The summed E-state index contributed by atoms with van der Waals surface area (Å²) in [5.41, 5.74) is 3.28. The third-order valence-corrected chi connectivity index (χ3v) is 8.76. The Morgan fingerprint density at radius 2 is 1.89 bits per heavy atom. The molecule has 7 nitrogen and oxygen atoms in total. The number of pyridine rings is 1. The molecule has 6 rings (SSSR count). The Balaban J connectivity index is 1.41. The highest BCUT2D eigenvalue weighted by Gasteiger charge is 2.72. The number of likely N-dealkylation sites (tertiary alicyclic amines) is 1. The molecule has 1 aliphatic heterocycles. The fourth-order valence-corrected chi connectivity index (χ4v) is 6.91. The Kier molecular flexibility index (Phi) is 5.09. The van der Waals surface area contributed by atoms with Crippen molar-refractivity contribution in [1.29, 1.82) is 0 Å². The van der Waals surface area contributed by atoms with Crippen molar-refractivity contribution in [2.45, 2.75) is 33.0 Å². The predicted molar refractivity (Wildman–Crippen MR) is 135 cm³/mol. The van der Waals surface area contributed by atoms with Crippen LogP contribution in [0.2, 0.25) is 5.02 Å². The zero-order chi connectivity index (χ0) is 24.6. The molecule has 3 unspecified atom stereocenters. The summed E-state index contributed by atoms with van der Waals surface area (Å²) in [7, 11) is 0. The molecule has 3 atom stereocenters. The van der Waals surface area contributed by atoms with Gasteiger partial charge in [-0.1, -0.05) is 25.4 Å². The summed E-state index contributed by atoms with van der Waals surface area (Å²) in [6.45, 7) is 4.13. The van der Waals surface area contributed by atoms with Gasteiger partial charge in [0.15, 0.2) is 0 Å². The minimum absolute atomic E-state index is 0.0764. The number of thiophene rings is 1. The lowest BCUT2D eigenvalue weighted by Gasteiger charge is -2.19. The molecule has 2 N–H and O–H groups in total. The van der Waals surface area contributed by atoms with E-state index < -0.39 is 6.10 Å². The van der Waals surface area contributed by atoms with Gasteiger partial charge in [0.2, 0.25) is 11.8 Å². The molecule has 180 valence electrons. The van der Waals surface area contributed by atoms with Gasteiger partial charge in [-0.2, -0.15) is 0 Å². The van der Waals surface area contributed by atoms with Gasteiger partial charge in [-0.05, 0) is 35.7 Å². The van der Waals surface area contributed by atoms with Crippen molar-refractivity contribution in [2.24, 2.45) is 17.3 Å². The van der Waals surface area contributed by atoms with Crippen molar-refractivity contribution in [3.05, 3.63) is 52.6 Å². The van der Waals surface area contributed by atoms with Crippen LogP contribution < -0.4 is 0 Å². The largest absolute Gasteiger partial charge is 0.394 e. The molecule has 4 aromatic rings. The van der Waals surface area contributed by atoms with Crippen LogP contribution in [0.4, 0.5) is 0 Å². The van der Waals surface area contributed by atoms with E-state index in [9.17, 15) is 19.8 Å². The van der Waals surface area contributed by atoms with Crippen molar-refractivity contribution in [2.75, 3.05) is 6.61 Å². The van der Waals surface area contributed by atoms with Gasteiger partial charge >= 0.3 is 0 Å². The number of amides is 2. The summed E-state index contributed by atoms with van der Waals surface area (Å²) in [5, 5.41) is 20.9. The standard InChI is InChI=1S/C26H24ClN3O4S/c1-26(2)20-21(26)25(34)30(24(20)33)11-16-9-19-23(35-16)17(3-5-28-19)18-8-14(27)7-13-4-6-29(22(13)18)10-15(32)12-31/h3-9,15,20-21,31-32H,10-12H2,1-2H3. The quantitative estimate of drug-likeness (QED) is 0.382. The van der Waals surface area contributed by atoms with Gasteiger partial charge in [-0.3, -0.25) is 19.5 Å². The summed E-state index contributed by atoms with van der Waals surface area (Å²) in [5.74, 6) is -0.542. The number of benzene rings is 1. The number of aliphatic hydroxyl groups is 2. The number of aromatic nitrogens is 2. The van der Waals surface area contributed by atoms with Crippen LogP contribution in [0.3, 0.4) is 0 Å². The second-order valence-corrected chi connectivity index (χ2v) is 11.6. The Bertz CT molecular complexity index is 1500. The van der Waals surface area contributed by atoms with E-state index in [2.05, 4.69) is 4.98 Å². The van der Waals surface area contributed by atoms with Crippen LogP contribution in [-0.4, -0.2) is 49.2 Å². The van der Waals surface area contributed by atoms with Crippen LogP contribution in [0.1, 0.15) is 18.7 Å². The normalized spacial score (nSPS) is 21.8. The molecule has 2 fully saturated rings. The van der Waals surface area contributed by atoms with Crippen LogP contribution in [0.15, 0.2) is 42.7 Å². The fraction of sp³-hybridized carbons (Fsp3) is 0.346. The average Bonchev–Trinajstić information content (AvgIpc) is 3.17. The van der Waals surface area contributed by atoms with E-state index in [1.54, 1.807) is 6.20 Å². The van der Waals surface area contributed by atoms with Crippen LogP contribution in [-0.2, 0) is 22.7 Å². The maximum absolute atomic E-state index is 12.8. The molecule has 35 heavy (non-hydrogen) atoms. The molecule has 0 spiro atoms. The third-order valence-electron chi connectivity index (χ3n) is 7.40. The molecular formula is C26H24ClN3O4S. The number of fused-ring (bicyclic) bond motifs is 3. The molecule has 1 aromatic carbocycles. The van der Waals surface area contributed by atoms with Gasteiger partial charge in [0.05, 0.1) is 53.4 Å². The Hall–Kier alpha value is -2.78. The fourth-order valence-electron chi connectivity index (χ4n) is 5.55. The first-order valence-corrected chi connectivity index (χ1v) is 12.7. The smallest absolute Gasteiger partial charge is 0.234 e. The number of carbonyl (C=O) groups excluding carboxylic acids is 2. The molecule has 1 saturated carbocycles. The molecule has 1 saturated heterocycles. The molecule has 9 heteroatoms. The van der Waals surface area contributed by atoms with Crippen LogP contribution in [0, 0.1) is 17.3 Å². The van der Waals surface area contributed by atoms with Gasteiger partial charge in [-0.15, -0.1) is 11.3 Å². The summed E-state index contributed by atoms with van der Waals surface area (Å²) in [6, 6.07) is 9.57.